The van der Waals surface area contributed by atoms with Crippen molar-refractivity contribution < 1.29 is 0 Å². The molecule has 10 aromatic rings. The Kier molecular flexibility index (Phi) is 10.4. The average molecular weight is 778 g/mol. The third-order valence-electron chi connectivity index (χ3n) is 11.5. The fourth-order valence-electron chi connectivity index (χ4n) is 8.35. The first kappa shape index (κ1) is 37.3. The smallest absolute Gasteiger partial charge is 0.0462 e. The van der Waals surface area contributed by atoms with Crippen molar-refractivity contribution in [1.82, 2.24) is 0 Å². The fourth-order valence-corrected chi connectivity index (χ4v) is 8.35. The van der Waals surface area contributed by atoms with Crippen molar-refractivity contribution in [3.8, 4) is 77.9 Å². The van der Waals surface area contributed by atoms with Crippen LogP contribution in [0.2, 0.25) is 0 Å². The van der Waals surface area contributed by atoms with Crippen molar-refractivity contribution in [1.29, 1.82) is 0 Å². The van der Waals surface area contributed by atoms with Crippen LogP contribution in [0.4, 0.5) is 17.1 Å². The van der Waals surface area contributed by atoms with Gasteiger partial charge >= 0.3 is 0 Å². The third kappa shape index (κ3) is 8.06. The van der Waals surface area contributed by atoms with Crippen LogP contribution >= 0.6 is 0 Å². The van der Waals surface area contributed by atoms with Crippen LogP contribution in [0.3, 0.4) is 0 Å². The van der Waals surface area contributed by atoms with Gasteiger partial charge in [-0.3, -0.25) is 0 Å². The molecule has 1 nitrogen and oxygen atoms in total. The Labute approximate surface area is 359 Å². The Morgan fingerprint density at radius 1 is 0.164 bits per heavy atom. The van der Waals surface area contributed by atoms with Crippen LogP contribution in [0.15, 0.2) is 261 Å². The van der Waals surface area contributed by atoms with E-state index in [0.29, 0.717) is 0 Å². The van der Waals surface area contributed by atoms with Crippen LogP contribution in [0, 0.1) is 0 Å². The second kappa shape index (κ2) is 17.1. The number of hydrogen-bond donors (Lipinski definition) is 0. The minimum absolute atomic E-state index is 1.09. The molecule has 61 heavy (non-hydrogen) atoms. The zero-order valence-corrected chi connectivity index (χ0v) is 33.8. The molecule has 0 atom stereocenters. The lowest BCUT2D eigenvalue weighted by Crippen LogP contribution is -2.09. The number of hydrogen-bond acceptors (Lipinski definition) is 1. The molecule has 0 N–H and O–H groups in total. The van der Waals surface area contributed by atoms with Crippen molar-refractivity contribution >= 4 is 17.1 Å². The zero-order valence-electron chi connectivity index (χ0n) is 33.8. The third-order valence-corrected chi connectivity index (χ3v) is 11.5. The van der Waals surface area contributed by atoms with E-state index in [4.69, 9.17) is 0 Å². The van der Waals surface area contributed by atoms with Crippen molar-refractivity contribution in [2.75, 3.05) is 4.90 Å². The second-order valence-corrected chi connectivity index (χ2v) is 15.4. The fraction of sp³-hybridized carbons (Fsp3) is 0. The summed E-state index contributed by atoms with van der Waals surface area (Å²) in [4.78, 5) is 2.34. The molecule has 0 heterocycles. The molecule has 10 rings (SSSR count). The van der Waals surface area contributed by atoms with E-state index in [2.05, 4.69) is 266 Å². The number of nitrogens with zero attached hydrogens (tertiary/aromatic N) is 1. The summed E-state index contributed by atoms with van der Waals surface area (Å²) in [5.41, 5.74) is 20.0. The molecule has 0 saturated carbocycles. The minimum atomic E-state index is 1.09. The molecule has 0 radical (unpaired) electrons. The molecule has 0 aromatic heterocycles. The van der Waals surface area contributed by atoms with Gasteiger partial charge in [-0.1, -0.05) is 200 Å². The van der Waals surface area contributed by atoms with Gasteiger partial charge in [0.05, 0.1) is 0 Å². The maximum Gasteiger partial charge on any atom is 0.0462 e. The Morgan fingerprint density at radius 3 is 0.836 bits per heavy atom. The lowest BCUT2D eigenvalue weighted by molar-refractivity contribution is 1.28. The van der Waals surface area contributed by atoms with Crippen LogP contribution in [0.5, 0.6) is 0 Å². The maximum absolute atomic E-state index is 2.34. The van der Waals surface area contributed by atoms with Gasteiger partial charge in [0.1, 0.15) is 0 Å². The standard InChI is InChI=1S/C60H43N/c1-5-16-44(17-6-1)48-28-34-56(35-29-48)61(57-36-30-49(31-37-57)45-18-7-2-8-19-45)58-38-32-50(33-39-58)59-26-13-14-27-60(59)52-25-15-24-51(40-52)55-42-53(46-20-9-3-10-21-46)41-54(43-55)47-22-11-4-12-23-47/h1-43H. The Morgan fingerprint density at radius 2 is 0.426 bits per heavy atom. The highest BCUT2D eigenvalue weighted by Gasteiger charge is 2.16. The van der Waals surface area contributed by atoms with Gasteiger partial charge in [0.25, 0.3) is 0 Å². The lowest BCUT2D eigenvalue weighted by Gasteiger charge is -2.26. The molecule has 288 valence electrons. The van der Waals surface area contributed by atoms with E-state index in [1.807, 2.05) is 0 Å². The van der Waals surface area contributed by atoms with E-state index < -0.39 is 0 Å². The van der Waals surface area contributed by atoms with Gasteiger partial charge in [-0.15, -0.1) is 0 Å². The first-order chi connectivity index (χ1) is 30.2. The average Bonchev–Trinajstić information content (AvgIpc) is 3.36. The summed E-state index contributed by atoms with van der Waals surface area (Å²) in [6.07, 6.45) is 0. The van der Waals surface area contributed by atoms with Gasteiger partial charge in [0.2, 0.25) is 0 Å². The SMILES string of the molecule is c1ccc(-c2ccc(N(c3ccc(-c4ccccc4)cc3)c3ccc(-c4ccccc4-c4cccc(-c5cc(-c6ccccc6)cc(-c6ccccc6)c5)c4)cc3)cc2)cc1. The van der Waals surface area contributed by atoms with Crippen molar-refractivity contribution in [3.05, 3.63) is 261 Å². The number of anilines is 3. The summed E-state index contributed by atoms with van der Waals surface area (Å²) >= 11 is 0. The Bertz CT molecular complexity index is 2870. The normalized spacial score (nSPS) is 11.0. The molecule has 0 saturated heterocycles. The van der Waals surface area contributed by atoms with Crippen LogP contribution in [-0.4, -0.2) is 0 Å². The lowest BCUT2D eigenvalue weighted by atomic mass is 9.90. The number of benzene rings is 10. The van der Waals surface area contributed by atoms with Crippen molar-refractivity contribution in [3.63, 3.8) is 0 Å². The second-order valence-electron chi connectivity index (χ2n) is 15.4. The van der Waals surface area contributed by atoms with E-state index in [0.717, 1.165) is 17.1 Å². The van der Waals surface area contributed by atoms with Crippen LogP contribution < -0.4 is 4.90 Å². The first-order valence-electron chi connectivity index (χ1n) is 20.9. The summed E-state index contributed by atoms with van der Waals surface area (Å²) in [7, 11) is 0. The van der Waals surface area contributed by atoms with Gasteiger partial charge in [-0.2, -0.15) is 0 Å². The van der Waals surface area contributed by atoms with E-state index in [1.165, 1.54) is 77.9 Å². The Hall–Kier alpha value is -8.00. The van der Waals surface area contributed by atoms with E-state index in [-0.39, 0.29) is 0 Å². The van der Waals surface area contributed by atoms with Crippen LogP contribution in [0.25, 0.3) is 77.9 Å². The summed E-state index contributed by atoms with van der Waals surface area (Å²) in [6, 6.07) is 93.9. The minimum Gasteiger partial charge on any atom is -0.311 e. The molecule has 0 bridgehead atoms. The molecule has 0 unspecified atom stereocenters. The first-order valence-corrected chi connectivity index (χ1v) is 20.9. The summed E-state index contributed by atoms with van der Waals surface area (Å²) in [5, 5.41) is 0. The highest BCUT2D eigenvalue weighted by Crippen LogP contribution is 2.40. The topological polar surface area (TPSA) is 3.24 Å². The maximum atomic E-state index is 2.34. The molecule has 0 aliphatic carbocycles. The predicted octanol–water partition coefficient (Wildman–Crippen LogP) is 16.8. The monoisotopic (exact) mass is 777 g/mol. The molecule has 0 aliphatic heterocycles. The van der Waals surface area contributed by atoms with Crippen LogP contribution in [0.1, 0.15) is 0 Å². The molecule has 1 heteroatoms. The molecular formula is C60H43N. The van der Waals surface area contributed by atoms with Gasteiger partial charge in [-0.05, 0) is 139 Å². The largest absolute Gasteiger partial charge is 0.311 e. The van der Waals surface area contributed by atoms with Gasteiger partial charge in [0.15, 0.2) is 0 Å². The molecule has 0 fully saturated rings. The van der Waals surface area contributed by atoms with Gasteiger partial charge < -0.3 is 4.90 Å². The Balaban J connectivity index is 1.00. The molecule has 10 aromatic carbocycles. The van der Waals surface area contributed by atoms with Crippen molar-refractivity contribution in [2.45, 2.75) is 0 Å². The van der Waals surface area contributed by atoms with E-state index in [9.17, 15) is 0 Å². The highest BCUT2D eigenvalue weighted by molar-refractivity contribution is 5.88. The number of rotatable bonds is 10. The van der Waals surface area contributed by atoms with Crippen LogP contribution in [-0.2, 0) is 0 Å². The molecule has 0 amide bonds. The molecule has 0 aliphatic rings. The van der Waals surface area contributed by atoms with Crippen molar-refractivity contribution in [2.24, 2.45) is 0 Å². The summed E-state index contributed by atoms with van der Waals surface area (Å²) < 4.78 is 0. The molecular weight excluding hydrogens is 735 g/mol. The summed E-state index contributed by atoms with van der Waals surface area (Å²) in [6.45, 7) is 0. The van der Waals surface area contributed by atoms with Gasteiger partial charge in [0, 0.05) is 17.1 Å². The summed E-state index contributed by atoms with van der Waals surface area (Å²) in [5.74, 6) is 0. The zero-order chi connectivity index (χ0) is 40.8. The quantitative estimate of drug-likeness (QED) is 0.134. The predicted molar refractivity (Wildman–Crippen MR) is 259 cm³/mol. The highest BCUT2D eigenvalue weighted by atomic mass is 15.1. The van der Waals surface area contributed by atoms with Gasteiger partial charge in [-0.25, -0.2) is 0 Å². The van der Waals surface area contributed by atoms with E-state index in [1.54, 1.807) is 0 Å². The molecule has 0 spiro atoms. The van der Waals surface area contributed by atoms with E-state index >= 15 is 0 Å².